The first-order valence-corrected chi connectivity index (χ1v) is 7.36. The predicted molar refractivity (Wildman–Crippen MR) is 75.4 cm³/mol. The second kappa shape index (κ2) is 5.87. The molecule has 0 spiro atoms. The van der Waals surface area contributed by atoms with Crippen LogP contribution >= 0.6 is 0 Å². The molecule has 2 rings (SSSR count). The summed E-state index contributed by atoms with van der Waals surface area (Å²) in [6.07, 6.45) is 10.7. The first kappa shape index (κ1) is 13.6. The summed E-state index contributed by atoms with van der Waals surface area (Å²) in [5, 5.41) is 8.11. The molecule has 1 aromatic rings. The van der Waals surface area contributed by atoms with Crippen molar-refractivity contribution in [3.05, 3.63) is 18.0 Å². The van der Waals surface area contributed by atoms with Crippen LogP contribution in [0, 0.1) is 5.41 Å². The lowest BCUT2D eigenvalue weighted by Crippen LogP contribution is -2.43. The Morgan fingerprint density at radius 3 is 3.00 bits per heavy atom. The molecule has 1 aliphatic carbocycles. The van der Waals surface area contributed by atoms with Crippen molar-refractivity contribution in [3.8, 4) is 0 Å². The lowest BCUT2D eigenvalue weighted by atomic mass is 9.73. The van der Waals surface area contributed by atoms with Gasteiger partial charge in [0, 0.05) is 30.9 Å². The van der Waals surface area contributed by atoms with Crippen LogP contribution in [0.25, 0.3) is 0 Å². The number of aryl methyl sites for hydroxylation is 1. The standard InChI is InChI=1S/C15H27N3/c1-4-9-18-12-13(11-17-18)10-16-14-7-5-6-8-15(14,2)3/h11-12,14,16H,4-10H2,1-3H3. The van der Waals surface area contributed by atoms with Crippen LogP contribution in [0.2, 0.25) is 0 Å². The van der Waals surface area contributed by atoms with E-state index < -0.39 is 0 Å². The summed E-state index contributed by atoms with van der Waals surface area (Å²) >= 11 is 0. The molecule has 1 saturated carbocycles. The molecular formula is C15H27N3. The number of nitrogens with one attached hydrogen (secondary N) is 1. The Morgan fingerprint density at radius 1 is 1.44 bits per heavy atom. The Kier molecular flexibility index (Phi) is 4.44. The van der Waals surface area contributed by atoms with E-state index in [9.17, 15) is 0 Å². The molecule has 0 aliphatic heterocycles. The number of nitrogens with zero attached hydrogens (tertiary/aromatic N) is 2. The van der Waals surface area contributed by atoms with Gasteiger partial charge in [0.1, 0.15) is 0 Å². The third-order valence-electron chi connectivity index (χ3n) is 4.20. The van der Waals surface area contributed by atoms with Gasteiger partial charge >= 0.3 is 0 Å². The molecule has 1 fully saturated rings. The highest BCUT2D eigenvalue weighted by molar-refractivity contribution is 5.04. The molecule has 0 saturated heterocycles. The van der Waals surface area contributed by atoms with Gasteiger partial charge in [-0.25, -0.2) is 0 Å². The monoisotopic (exact) mass is 249 g/mol. The second-order valence-corrected chi connectivity index (χ2v) is 6.28. The minimum Gasteiger partial charge on any atom is -0.309 e. The zero-order valence-corrected chi connectivity index (χ0v) is 12.1. The summed E-state index contributed by atoms with van der Waals surface area (Å²) in [6.45, 7) is 8.95. The fourth-order valence-corrected chi connectivity index (χ4v) is 2.96. The maximum Gasteiger partial charge on any atom is 0.0534 e. The van der Waals surface area contributed by atoms with Crippen molar-refractivity contribution in [1.82, 2.24) is 15.1 Å². The van der Waals surface area contributed by atoms with Gasteiger partial charge < -0.3 is 5.32 Å². The lowest BCUT2D eigenvalue weighted by Gasteiger charge is -2.39. The Hall–Kier alpha value is -0.830. The maximum absolute atomic E-state index is 4.38. The number of hydrogen-bond donors (Lipinski definition) is 1. The second-order valence-electron chi connectivity index (χ2n) is 6.28. The van der Waals surface area contributed by atoms with Crippen LogP contribution in [0.5, 0.6) is 0 Å². The zero-order valence-electron chi connectivity index (χ0n) is 12.1. The van der Waals surface area contributed by atoms with E-state index >= 15 is 0 Å². The highest BCUT2D eigenvalue weighted by Gasteiger charge is 2.31. The molecule has 18 heavy (non-hydrogen) atoms. The largest absolute Gasteiger partial charge is 0.309 e. The average molecular weight is 249 g/mol. The SMILES string of the molecule is CCCn1cc(CNC2CCCCC2(C)C)cn1. The van der Waals surface area contributed by atoms with Crippen LogP contribution in [0.1, 0.15) is 58.4 Å². The summed E-state index contributed by atoms with van der Waals surface area (Å²) in [5.74, 6) is 0. The molecular weight excluding hydrogens is 222 g/mol. The van der Waals surface area contributed by atoms with E-state index in [1.807, 2.05) is 10.9 Å². The van der Waals surface area contributed by atoms with Gasteiger partial charge in [-0.2, -0.15) is 5.10 Å². The van der Waals surface area contributed by atoms with Gasteiger partial charge in [-0.05, 0) is 24.7 Å². The summed E-state index contributed by atoms with van der Waals surface area (Å²) in [4.78, 5) is 0. The fourth-order valence-electron chi connectivity index (χ4n) is 2.96. The molecule has 1 atom stereocenters. The van der Waals surface area contributed by atoms with Crippen LogP contribution in [0.4, 0.5) is 0 Å². The van der Waals surface area contributed by atoms with Gasteiger partial charge in [0.2, 0.25) is 0 Å². The maximum atomic E-state index is 4.38. The topological polar surface area (TPSA) is 29.9 Å². The molecule has 1 unspecified atom stereocenters. The van der Waals surface area contributed by atoms with Crippen molar-refractivity contribution in [2.45, 2.75) is 72.0 Å². The summed E-state index contributed by atoms with van der Waals surface area (Å²) in [5.41, 5.74) is 1.75. The fraction of sp³-hybridized carbons (Fsp3) is 0.800. The Morgan fingerprint density at radius 2 is 2.28 bits per heavy atom. The normalized spacial score (nSPS) is 23.2. The highest BCUT2D eigenvalue weighted by atomic mass is 15.3. The van der Waals surface area contributed by atoms with Gasteiger partial charge in [0.05, 0.1) is 6.20 Å². The number of hydrogen-bond acceptors (Lipinski definition) is 2. The van der Waals surface area contributed by atoms with Crippen molar-refractivity contribution >= 4 is 0 Å². The smallest absolute Gasteiger partial charge is 0.0534 e. The predicted octanol–water partition coefficient (Wildman–Crippen LogP) is 3.35. The number of rotatable bonds is 5. The zero-order chi connectivity index (χ0) is 13.0. The van der Waals surface area contributed by atoms with E-state index in [0.717, 1.165) is 19.5 Å². The van der Waals surface area contributed by atoms with Crippen molar-refractivity contribution in [1.29, 1.82) is 0 Å². The molecule has 1 N–H and O–H groups in total. The van der Waals surface area contributed by atoms with E-state index in [1.54, 1.807) is 0 Å². The van der Waals surface area contributed by atoms with Crippen molar-refractivity contribution in [3.63, 3.8) is 0 Å². The van der Waals surface area contributed by atoms with E-state index in [1.165, 1.54) is 31.2 Å². The van der Waals surface area contributed by atoms with Gasteiger partial charge in [-0.15, -0.1) is 0 Å². The Balaban J connectivity index is 1.86. The van der Waals surface area contributed by atoms with Gasteiger partial charge in [0.25, 0.3) is 0 Å². The highest BCUT2D eigenvalue weighted by Crippen LogP contribution is 2.35. The summed E-state index contributed by atoms with van der Waals surface area (Å²) in [6, 6.07) is 0.653. The minimum absolute atomic E-state index is 0.442. The molecule has 1 aliphatic rings. The third-order valence-corrected chi connectivity index (χ3v) is 4.20. The molecule has 3 heteroatoms. The van der Waals surface area contributed by atoms with Crippen molar-refractivity contribution < 1.29 is 0 Å². The first-order chi connectivity index (χ1) is 8.62. The van der Waals surface area contributed by atoms with Crippen LogP contribution in [-0.2, 0) is 13.1 Å². The summed E-state index contributed by atoms with van der Waals surface area (Å²) < 4.78 is 2.04. The van der Waals surface area contributed by atoms with Crippen LogP contribution < -0.4 is 5.32 Å². The van der Waals surface area contributed by atoms with E-state index in [4.69, 9.17) is 0 Å². The quantitative estimate of drug-likeness (QED) is 0.867. The van der Waals surface area contributed by atoms with Crippen LogP contribution in [0.3, 0.4) is 0 Å². The molecule has 102 valence electrons. The number of aromatic nitrogens is 2. The molecule has 1 heterocycles. The van der Waals surface area contributed by atoms with Crippen LogP contribution in [0.15, 0.2) is 12.4 Å². The van der Waals surface area contributed by atoms with Crippen LogP contribution in [-0.4, -0.2) is 15.8 Å². The lowest BCUT2D eigenvalue weighted by molar-refractivity contribution is 0.167. The molecule has 0 amide bonds. The minimum atomic E-state index is 0.442. The molecule has 0 aromatic carbocycles. The Bertz CT molecular complexity index is 368. The van der Waals surface area contributed by atoms with Gasteiger partial charge in [-0.1, -0.05) is 33.6 Å². The van der Waals surface area contributed by atoms with E-state index in [0.29, 0.717) is 11.5 Å². The summed E-state index contributed by atoms with van der Waals surface area (Å²) in [7, 11) is 0. The van der Waals surface area contributed by atoms with Gasteiger partial charge in [-0.3, -0.25) is 4.68 Å². The van der Waals surface area contributed by atoms with Crippen molar-refractivity contribution in [2.75, 3.05) is 0 Å². The average Bonchev–Trinajstić information content (AvgIpc) is 2.75. The Labute approximate surface area is 111 Å². The van der Waals surface area contributed by atoms with E-state index in [2.05, 4.69) is 37.4 Å². The first-order valence-electron chi connectivity index (χ1n) is 7.36. The molecule has 0 radical (unpaired) electrons. The molecule has 1 aromatic heterocycles. The van der Waals surface area contributed by atoms with Gasteiger partial charge in [0.15, 0.2) is 0 Å². The molecule has 0 bridgehead atoms. The van der Waals surface area contributed by atoms with Crippen molar-refractivity contribution in [2.24, 2.45) is 5.41 Å². The van der Waals surface area contributed by atoms with E-state index in [-0.39, 0.29) is 0 Å². The molecule has 3 nitrogen and oxygen atoms in total. The third kappa shape index (κ3) is 3.35.